The van der Waals surface area contributed by atoms with Crippen molar-refractivity contribution in [1.29, 1.82) is 0 Å². The fourth-order valence-corrected chi connectivity index (χ4v) is 3.56. The van der Waals surface area contributed by atoms with Crippen LogP contribution in [0.5, 0.6) is 0 Å². The number of nitrogens with zero attached hydrogens (tertiary/aromatic N) is 2. The van der Waals surface area contributed by atoms with Gasteiger partial charge in [-0.15, -0.1) is 10.2 Å². The van der Waals surface area contributed by atoms with Gasteiger partial charge in [0.05, 0.1) is 0 Å². The first-order chi connectivity index (χ1) is 12.4. The third kappa shape index (κ3) is 4.55. The van der Waals surface area contributed by atoms with Gasteiger partial charge in [-0.25, -0.2) is 0 Å². The molecule has 26 heavy (non-hydrogen) atoms. The Hall–Kier alpha value is -2.53. The van der Waals surface area contributed by atoms with Gasteiger partial charge in [0.25, 0.3) is 0 Å². The van der Waals surface area contributed by atoms with Crippen molar-refractivity contribution in [2.75, 3.05) is 5.32 Å². The van der Waals surface area contributed by atoms with Gasteiger partial charge in [0, 0.05) is 11.5 Å². The molecule has 0 aliphatic heterocycles. The van der Waals surface area contributed by atoms with E-state index in [4.69, 9.17) is 0 Å². The van der Waals surface area contributed by atoms with Crippen molar-refractivity contribution in [3.8, 4) is 10.6 Å². The van der Waals surface area contributed by atoms with E-state index in [1.807, 2.05) is 48.5 Å². The number of carbonyl (C=O) groups excluding carboxylic acids is 1. The van der Waals surface area contributed by atoms with Crippen LogP contribution < -0.4 is 5.32 Å². The lowest BCUT2D eigenvalue weighted by Crippen LogP contribution is -2.34. The van der Waals surface area contributed by atoms with E-state index in [2.05, 4.69) is 48.4 Å². The topological polar surface area (TPSA) is 54.9 Å². The standard InChI is InChI=1S/C21H23N3OS/c1-21(2,3)17(14-15-10-6-4-7-11-15)18(25)22-20-24-23-19(26-20)16-12-8-5-9-13-16/h4-13,17H,14H2,1-3H3,(H,22,24,25). The van der Waals surface area contributed by atoms with E-state index in [0.29, 0.717) is 11.6 Å². The summed E-state index contributed by atoms with van der Waals surface area (Å²) >= 11 is 1.39. The van der Waals surface area contributed by atoms with Gasteiger partial charge in [0.15, 0.2) is 0 Å². The van der Waals surface area contributed by atoms with E-state index in [-0.39, 0.29) is 17.2 Å². The molecule has 0 saturated heterocycles. The molecule has 0 aliphatic rings. The lowest BCUT2D eigenvalue weighted by atomic mass is 9.76. The first kappa shape index (κ1) is 18.3. The number of nitrogens with one attached hydrogen (secondary N) is 1. The van der Waals surface area contributed by atoms with Gasteiger partial charge >= 0.3 is 0 Å². The first-order valence-electron chi connectivity index (χ1n) is 8.67. The zero-order valence-corrected chi connectivity index (χ0v) is 16.1. The predicted molar refractivity (Wildman–Crippen MR) is 107 cm³/mol. The highest BCUT2D eigenvalue weighted by atomic mass is 32.1. The minimum atomic E-state index is -0.160. The molecule has 5 heteroatoms. The molecule has 0 radical (unpaired) electrons. The van der Waals surface area contributed by atoms with Crippen LogP contribution in [0.1, 0.15) is 26.3 Å². The highest BCUT2D eigenvalue weighted by Gasteiger charge is 2.32. The number of carbonyl (C=O) groups is 1. The van der Waals surface area contributed by atoms with Crippen molar-refractivity contribution in [2.45, 2.75) is 27.2 Å². The lowest BCUT2D eigenvalue weighted by molar-refractivity contribution is -0.122. The maximum absolute atomic E-state index is 12.9. The Kier molecular flexibility index (Phi) is 5.47. The first-order valence-corrected chi connectivity index (χ1v) is 9.49. The van der Waals surface area contributed by atoms with Crippen LogP contribution in [-0.2, 0) is 11.2 Å². The highest BCUT2D eigenvalue weighted by molar-refractivity contribution is 7.18. The summed E-state index contributed by atoms with van der Waals surface area (Å²) in [5, 5.41) is 12.6. The summed E-state index contributed by atoms with van der Waals surface area (Å²) in [7, 11) is 0. The van der Waals surface area contributed by atoms with Crippen molar-refractivity contribution in [2.24, 2.45) is 11.3 Å². The maximum atomic E-state index is 12.9. The van der Waals surface area contributed by atoms with E-state index in [9.17, 15) is 4.79 Å². The van der Waals surface area contributed by atoms with Gasteiger partial charge < -0.3 is 5.32 Å². The smallest absolute Gasteiger partial charge is 0.230 e. The molecule has 1 unspecified atom stereocenters. The van der Waals surface area contributed by atoms with Gasteiger partial charge in [0.1, 0.15) is 5.01 Å². The third-order valence-corrected chi connectivity index (χ3v) is 5.21. The fourth-order valence-electron chi connectivity index (χ4n) is 2.81. The second-order valence-electron chi connectivity index (χ2n) is 7.38. The Morgan fingerprint density at radius 1 is 1.00 bits per heavy atom. The summed E-state index contributed by atoms with van der Waals surface area (Å²) in [6.07, 6.45) is 0.695. The molecule has 0 fully saturated rings. The van der Waals surface area contributed by atoms with Crippen molar-refractivity contribution < 1.29 is 4.79 Å². The van der Waals surface area contributed by atoms with Crippen LogP contribution in [0.4, 0.5) is 5.13 Å². The van der Waals surface area contributed by atoms with Crippen LogP contribution in [0.15, 0.2) is 60.7 Å². The minimum Gasteiger partial charge on any atom is -0.300 e. The third-order valence-electron chi connectivity index (χ3n) is 4.32. The van der Waals surface area contributed by atoms with Crippen molar-refractivity contribution in [3.05, 3.63) is 66.2 Å². The largest absolute Gasteiger partial charge is 0.300 e. The summed E-state index contributed by atoms with van der Waals surface area (Å²) in [6.45, 7) is 6.28. The number of benzene rings is 2. The SMILES string of the molecule is CC(C)(C)C(Cc1ccccc1)C(=O)Nc1nnc(-c2ccccc2)s1. The zero-order valence-electron chi connectivity index (χ0n) is 15.3. The van der Waals surface area contributed by atoms with Crippen LogP contribution in [0, 0.1) is 11.3 Å². The number of amides is 1. The van der Waals surface area contributed by atoms with Crippen molar-refractivity contribution in [1.82, 2.24) is 10.2 Å². The highest BCUT2D eigenvalue weighted by Crippen LogP contribution is 2.32. The predicted octanol–water partition coefficient (Wildman–Crippen LogP) is 5.05. The molecule has 4 nitrogen and oxygen atoms in total. The summed E-state index contributed by atoms with van der Waals surface area (Å²) in [5.41, 5.74) is 2.00. The van der Waals surface area contributed by atoms with E-state index in [1.54, 1.807) is 0 Å². The summed E-state index contributed by atoms with van der Waals surface area (Å²) in [6, 6.07) is 20.0. The van der Waals surface area contributed by atoms with Crippen LogP contribution in [-0.4, -0.2) is 16.1 Å². The summed E-state index contributed by atoms with van der Waals surface area (Å²) < 4.78 is 0. The van der Waals surface area contributed by atoms with Crippen LogP contribution in [0.3, 0.4) is 0 Å². The molecule has 134 valence electrons. The molecule has 0 saturated carbocycles. The summed E-state index contributed by atoms with van der Waals surface area (Å²) in [4.78, 5) is 12.9. The van der Waals surface area contributed by atoms with Crippen molar-refractivity contribution in [3.63, 3.8) is 0 Å². The van der Waals surface area contributed by atoms with E-state index in [0.717, 1.165) is 16.1 Å². The second kappa shape index (κ2) is 7.79. The minimum absolute atomic E-state index is 0.0166. The molecule has 1 atom stereocenters. The average molecular weight is 366 g/mol. The summed E-state index contributed by atoms with van der Waals surface area (Å²) in [5.74, 6) is -0.175. The van der Waals surface area contributed by atoms with Crippen LogP contribution in [0.25, 0.3) is 10.6 Å². The number of hydrogen-bond acceptors (Lipinski definition) is 4. The molecule has 1 amide bonds. The monoisotopic (exact) mass is 365 g/mol. The van der Waals surface area contributed by atoms with Gasteiger partial charge in [-0.05, 0) is 17.4 Å². The number of anilines is 1. The molecular weight excluding hydrogens is 342 g/mol. The number of hydrogen-bond donors (Lipinski definition) is 1. The van der Waals surface area contributed by atoms with Crippen LogP contribution >= 0.6 is 11.3 Å². The number of aromatic nitrogens is 2. The Morgan fingerprint density at radius 3 is 2.23 bits per heavy atom. The quantitative estimate of drug-likeness (QED) is 0.688. The second-order valence-corrected chi connectivity index (χ2v) is 8.35. The molecule has 3 aromatic rings. The molecule has 0 spiro atoms. The molecule has 0 bridgehead atoms. The van der Waals surface area contributed by atoms with Gasteiger partial charge in [0.2, 0.25) is 11.0 Å². The Labute approximate surface area is 158 Å². The normalized spacial score (nSPS) is 12.6. The Bertz CT molecular complexity index is 854. The van der Waals surface area contributed by atoms with E-state index >= 15 is 0 Å². The van der Waals surface area contributed by atoms with Gasteiger partial charge in [-0.3, -0.25) is 4.79 Å². The molecule has 3 rings (SSSR count). The average Bonchev–Trinajstić information content (AvgIpc) is 3.09. The lowest BCUT2D eigenvalue weighted by Gasteiger charge is -2.29. The molecule has 0 aliphatic carbocycles. The molecule has 1 aromatic heterocycles. The molecular formula is C21H23N3OS. The van der Waals surface area contributed by atoms with Crippen LogP contribution in [0.2, 0.25) is 0 Å². The van der Waals surface area contributed by atoms with E-state index < -0.39 is 0 Å². The fraction of sp³-hybridized carbons (Fsp3) is 0.286. The Morgan fingerprint density at radius 2 is 1.62 bits per heavy atom. The molecule has 2 aromatic carbocycles. The van der Waals surface area contributed by atoms with Crippen molar-refractivity contribution >= 4 is 22.4 Å². The zero-order chi connectivity index (χ0) is 18.6. The molecule has 1 heterocycles. The van der Waals surface area contributed by atoms with Gasteiger partial charge in [-0.1, -0.05) is 92.8 Å². The molecule has 1 N–H and O–H groups in total. The van der Waals surface area contributed by atoms with Gasteiger partial charge in [-0.2, -0.15) is 0 Å². The Balaban J connectivity index is 1.75. The maximum Gasteiger partial charge on any atom is 0.230 e. The van der Waals surface area contributed by atoms with E-state index in [1.165, 1.54) is 11.3 Å². The number of rotatable bonds is 5.